The maximum absolute atomic E-state index is 12.5. The van der Waals surface area contributed by atoms with E-state index in [2.05, 4.69) is 6.92 Å². The lowest BCUT2D eigenvalue weighted by atomic mass is 10.1. The van der Waals surface area contributed by atoms with E-state index in [1.807, 2.05) is 0 Å². The van der Waals surface area contributed by atoms with Crippen molar-refractivity contribution < 1.29 is 27.8 Å². The third-order valence-electron chi connectivity index (χ3n) is 3.61. The highest BCUT2D eigenvalue weighted by Crippen LogP contribution is 2.31. The van der Waals surface area contributed by atoms with Crippen LogP contribution < -0.4 is 9.47 Å². The molecule has 0 spiro atoms. The molecule has 0 bridgehead atoms. The molecule has 25 heavy (non-hydrogen) atoms. The molecule has 0 aromatic heterocycles. The third-order valence-corrected chi connectivity index (χ3v) is 3.61. The van der Waals surface area contributed by atoms with Crippen LogP contribution in [0.25, 0.3) is 0 Å². The molecule has 0 aliphatic carbocycles. The molecule has 2 aromatic rings. The SMILES string of the molecule is CCC[C@@H](CCO)Oc1ccc(Oc2ccc(C(F)(F)F)cc2)cc1. The number of halogens is 3. The summed E-state index contributed by atoms with van der Waals surface area (Å²) >= 11 is 0. The van der Waals surface area contributed by atoms with Crippen molar-refractivity contribution in [3.05, 3.63) is 54.1 Å². The molecule has 0 amide bonds. The van der Waals surface area contributed by atoms with Gasteiger partial charge in [-0.15, -0.1) is 0 Å². The number of rotatable bonds is 8. The van der Waals surface area contributed by atoms with Crippen LogP contribution >= 0.6 is 0 Å². The topological polar surface area (TPSA) is 38.7 Å². The Bertz CT molecular complexity index is 630. The summed E-state index contributed by atoms with van der Waals surface area (Å²) in [5, 5.41) is 9.05. The maximum atomic E-state index is 12.5. The Morgan fingerprint density at radius 1 is 0.880 bits per heavy atom. The first-order chi connectivity index (χ1) is 11.9. The van der Waals surface area contributed by atoms with Crippen LogP contribution in [0.15, 0.2) is 48.5 Å². The molecular weight excluding hydrogens is 333 g/mol. The molecule has 0 heterocycles. The quantitative estimate of drug-likeness (QED) is 0.687. The molecule has 1 atom stereocenters. The number of alkyl halides is 3. The van der Waals surface area contributed by atoms with Crippen molar-refractivity contribution in [3.63, 3.8) is 0 Å². The summed E-state index contributed by atoms with van der Waals surface area (Å²) < 4.78 is 49.0. The zero-order valence-electron chi connectivity index (χ0n) is 13.9. The Morgan fingerprint density at radius 3 is 1.88 bits per heavy atom. The maximum Gasteiger partial charge on any atom is 0.416 e. The highest BCUT2D eigenvalue weighted by atomic mass is 19.4. The second kappa shape index (κ2) is 8.76. The van der Waals surface area contributed by atoms with Gasteiger partial charge in [0.05, 0.1) is 5.56 Å². The van der Waals surface area contributed by atoms with E-state index in [0.717, 1.165) is 25.0 Å². The lowest BCUT2D eigenvalue weighted by molar-refractivity contribution is -0.137. The predicted molar refractivity (Wildman–Crippen MR) is 89.0 cm³/mol. The highest BCUT2D eigenvalue weighted by molar-refractivity contribution is 5.36. The van der Waals surface area contributed by atoms with Crippen LogP contribution in [0.1, 0.15) is 31.7 Å². The van der Waals surface area contributed by atoms with Crippen molar-refractivity contribution in [1.29, 1.82) is 0 Å². The van der Waals surface area contributed by atoms with Crippen LogP contribution in [0.3, 0.4) is 0 Å². The molecule has 136 valence electrons. The van der Waals surface area contributed by atoms with E-state index in [1.54, 1.807) is 24.3 Å². The fourth-order valence-corrected chi connectivity index (χ4v) is 2.35. The molecule has 0 unspecified atom stereocenters. The molecule has 0 radical (unpaired) electrons. The predicted octanol–water partition coefficient (Wildman–Crippen LogP) is 5.43. The van der Waals surface area contributed by atoms with Crippen LogP contribution in [-0.4, -0.2) is 17.8 Å². The van der Waals surface area contributed by atoms with E-state index >= 15 is 0 Å². The van der Waals surface area contributed by atoms with Crippen LogP contribution in [0.4, 0.5) is 13.2 Å². The van der Waals surface area contributed by atoms with Gasteiger partial charge in [-0.3, -0.25) is 0 Å². The Labute approximate surface area is 145 Å². The Hall–Kier alpha value is -2.21. The molecule has 6 heteroatoms. The van der Waals surface area contributed by atoms with E-state index < -0.39 is 11.7 Å². The lowest BCUT2D eigenvalue weighted by Crippen LogP contribution is -2.17. The van der Waals surface area contributed by atoms with Gasteiger partial charge in [0.25, 0.3) is 0 Å². The minimum atomic E-state index is -4.36. The van der Waals surface area contributed by atoms with Gasteiger partial charge in [0.1, 0.15) is 23.4 Å². The standard InChI is InChI=1S/C19H21F3O3/c1-2-3-15(12-13-23)24-17-8-10-18(11-9-17)25-16-6-4-14(5-7-16)19(20,21)22/h4-11,15,23H,2-3,12-13H2,1H3/t15-/m0/s1. The minimum Gasteiger partial charge on any atom is -0.490 e. The summed E-state index contributed by atoms with van der Waals surface area (Å²) in [6.07, 6.45) is -2.03. The largest absolute Gasteiger partial charge is 0.490 e. The lowest BCUT2D eigenvalue weighted by Gasteiger charge is -2.18. The number of hydrogen-bond acceptors (Lipinski definition) is 3. The number of benzene rings is 2. The molecule has 2 aromatic carbocycles. The van der Waals surface area contributed by atoms with E-state index in [9.17, 15) is 13.2 Å². The average Bonchev–Trinajstić information content (AvgIpc) is 2.57. The third kappa shape index (κ3) is 5.98. The summed E-state index contributed by atoms with van der Waals surface area (Å²) in [6.45, 7) is 2.12. The van der Waals surface area contributed by atoms with Crippen molar-refractivity contribution in [2.75, 3.05) is 6.61 Å². The minimum absolute atomic E-state index is 0.0447. The number of ether oxygens (including phenoxy) is 2. The summed E-state index contributed by atoms with van der Waals surface area (Å²) in [6, 6.07) is 11.4. The number of aliphatic hydroxyl groups excluding tert-OH is 1. The van der Waals surface area contributed by atoms with Gasteiger partial charge < -0.3 is 14.6 Å². The normalized spacial score (nSPS) is 12.7. The first kappa shape index (κ1) is 19.1. The first-order valence-electron chi connectivity index (χ1n) is 8.15. The van der Waals surface area contributed by atoms with Gasteiger partial charge in [-0.2, -0.15) is 13.2 Å². The molecule has 3 nitrogen and oxygen atoms in total. The van der Waals surface area contributed by atoms with Gasteiger partial charge in [0.15, 0.2) is 0 Å². The van der Waals surface area contributed by atoms with Gasteiger partial charge in [-0.25, -0.2) is 0 Å². The fraction of sp³-hybridized carbons (Fsp3) is 0.368. The van der Waals surface area contributed by atoms with Crippen LogP contribution in [0.2, 0.25) is 0 Å². The Balaban J connectivity index is 1.98. The van der Waals surface area contributed by atoms with Crippen molar-refractivity contribution in [2.24, 2.45) is 0 Å². The summed E-state index contributed by atoms with van der Waals surface area (Å²) in [4.78, 5) is 0. The van der Waals surface area contributed by atoms with Crippen molar-refractivity contribution in [2.45, 2.75) is 38.5 Å². The van der Waals surface area contributed by atoms with E-state index in [-0.39, 0.29) is 12.7 Å². The molecule has 0 saturated heterocycles. The van der Waals surface area contributed by atoms with E-state index in [4.69, 9.17) is 14.6 Å². The van der Waals surface area contributed by atoms with Crippen molar-refractivity contribution in [3.8, 4) is 17.2 Å². The van der Waals surface area contributed by atoms with Crippen LogP contribution in [-0.2, 0) is 6.18 Å². The number of aliphatic hydroxyl groups is 1. The molecule has 2 rings (SSSR count). The fourth-order valence-electron chi connectivity index (χ4n) is 2.35. The summed E-state index contributed by atoms with van der Waals surface area (Å²) in [7, 11) is 0. The molecule has 1 N–H and O–H groups in total. The van der Waals surface area contributed by atoms with Gasteiger partial charge >= 0.3 is 6.18 Å². The average molecular weight is 354 g/mol. The second-order valence-electron chi connectivity index (χ2n) is 5.64. The van der Waals surface area contributed by atoms with Crippen molar-refractivity contribution in [1.82, 2.24) is 0 Å². The first-order valence-corrected chi connectivity index (χ1v) is 8.15. The smallest absolute Gasteiger partial charge is 0.416 e. The highest BCUT2D eigenvalue weighted by Gasteiger charge is 2.30. The van der Waals surface area contributed by atoms with Gasteiger partial charge in [0.2, 0.25) is 0 Å². The Morgan fingerprint density at radius 2 is 1.40 bits per heavy atom. The van der Waals surface area contributed by atoms with Gasteiger partial charge in [-0.05, 0) is 55.0 Å². The molecular formula is C19H21F3O3. The monoisotopic (exact) mass is 354 g/mol. The molecule has 0 aliphatic heterocycles. The van der Waals surface area contributed by atoms with E-state index in [1.165, 1.54) is 12.1 Å². The number of hydrogen-bond donors (Lipinski definition) is 1. The molecule has 0 aliphatic rings. The van der Waals surface area contributed by atoms with Crippen molar-refractivity contribution >= 4 is 0 Å². The molecule has 0 fully saturated rings. The van der Waals surface area contributed by atoms with Gasteiger partial charge in [-0.1, -0.05) is 13.3 Å². The van der Waals surface area contributed by atoms with Crippen LogP contribution in [0.5, 0.6) is 17.2 Å². The Kier molecular flexibility index (Phi) is 6.70. The molecule has 0 saturated carbocycles. The van der Waals surface area contributed by atoms with E-state index in [0.29, 0.717) is 23.7 Å². The zero-order chi connectivity index (χ0) is 18.3. The summed E-state index contributed by atoms with van der Waals surface area (Å²) in [5.41, 5.74) is -0.713. The summed E-state index contributed by atoms with van der Waals surface area (Å²) in [5.74, 6) is 1.48. The van der Waals surface area contributed by atoms with Crippen LogP contribution in [0, 0.1) is 0 Å². The van der Waals surface area contributed by atoms with Gasteiger partial charge in [0, 0.05) is 13.0 Å². The second-order valence-corrected chi connectivity index (χ2v) is 5.64. The zero-order valence-corrected chi connectivity index (χ0v) is 13.9.